The van der Waals surface area contributed by atoms with Gasteiger partial charge in [0, 0.05) is 24.0 Å². The van der Waals surface area contributed by atoms with E-state index in [-0.39, 0.29) is 11.6 Å². The molecule has 0 amide bonds. The number of nitriles is 1. The largest absolute Gasteiger partial charge is 0.390 e. The number of hydrogen-bond donors (Lipinski definition) is 5. The number of para-hydroxylation sites is 1. The van der Waals surface area contributed by atoms with Crippen LogP contribution in [0.2, 0.25) is 0 Å². The van der Waals surface area contributed by atoms with E-state index in [1.165, 1.54) is 17.5 Å². The highest BCUT2D eigenvalue weighted by molar-refractivity contribution is 7.21. The maximum atomic E-state index is 10.8. The third kappa shape index (κ3) is 4.72. The van der Waals surface area contributed by atoms with Crippen molar-refractivity contribution >= 4 is 39.0 Å². The lowest BCUT2D eigenvalue weighted by molar-refractivity contribution is -0.0601. The summed E-state index contributed by atoms with van der Waals surface area (Å²) in [5.41, 5.74) is 1.18. The fourth-order valence-electron chi connectivity index (χ4n) is 4.45. The molecule has 5 N–H and O–H groups in total. The summed E-state index contributed by atoms with van der Waals surface area (Å²) in [6.45, 7) is 3.25. The Morgan fingerprint density at radius 1 is 1.11 bits per heavy atom. The molecule has 0 aliphatic heterocycles. The highest BCUT2D eigenvalue weighted by atomic mass is 32.1. The van der Waals surface area contributed by atoms with Gasteiger partial charge in [0.05, 0.1) is 33.5 Å². The molecule has 0 radical (unpaired) electrons. The van der Waals surface area contributed by atoms with E-state index in [9.17, 15) is 15.3 Å². The third-order valence-electron chi connectivity index (χ3n) is 6.36. The normalized spacial score (nSPS) is 21.9. The van der Waals surface area contributed by atoms with Gasteiger partial charge in [0.1, 0.15) is 28.7 Å². The maximum absolute atomic E-state index is 10.8. The second-order valence-corrected chi connectivity index (χ2v) is 10.4. The van der Waals surface area contributed by atoms with Crippen LogP contribution in [0.5, 0.6) is 0 Å². The van der Waals surface area contributed by atoms with E-state index < -0.39 is 29.8 Å². The van der Waals surface area contributed by atoms with Crippen LogP contribution in [-0.2, 0) is 0 Å². The molecule has 1 aliphatic rings. The number of aliphatic hydroxyl groups is 3. The summed E-state index contributed by atoms with van der Waals surface area (Å²) in [4.78, 5) is 17.8. The van der Waals surface area contributed by atoms with Gasteiger partial charge in [-0.3, -0.25) is 0 Å². The van der Waals surface area contributed by atoms with Crippen LogP contribution in [0.25, 0.3) is 20.8 Å². The molecular formula is C25H25N7O3S. The monoisotopic (exact) mass is 503 g/mol. The quantitative estimate of drug-likeness (QED) is 0.264. The van der Waals surface area contributed by atoms with Gasteiger partial charge in [-0.05, 0) is 44.5 Å². The number of nitrogens with one attached hydrogen (secondary N) is 2. The summed E-state index contributed by atoms with van der Waals surface area (Å²) in [5, 5.41) is 48.0. The zero-order chi connectivity index (χ0) is 25.4. The Hall–Kier alpha value is -3.69. The number of fused-ring (bicyclic) bond motifs is 1. The van der Waals surface area contributed by atoms with E-state index in [2.05, 4.69) is 25.6 Å². The number of nitrogens with zero attached hydrogens (tertiary/aromatic N) is 5. The Labute approximate surface area is 211 Å². The Bertz CT molecular complexity index is 1410. The van der Waals surface area contributed by atoms with Crippen molar-refractivity contribution in [2.45, 2.75) is 44.1 Å². The molecular weight excluding hydrogens is 478 g/mol. The van der Waals surface area contributed by atoms with Gasteiger partial charge >= 0.3 is 0 Å². The van der Waals surface area contributed by atoms with E-state index in [4.69, 9.17) is 10.2 Å². The molecule has 0 spiro atoms. The van der Waals surface area contributed by atoms with E-state index >= 15 is 0 Å². The van der Waals surface area contributed by atoms with Crippen molar-refractivity contribution in [2.75, 3.05) is 10.6 Å². The van der Waals surface area contributed by atoms with Gasteiger partial charge in [-0.2, -0.15) is 10.2 Å². The van der Waals surface area contributed by atoms with Gasteiger partial charge in [0.2, 0.25) is 5.95 Å². The molecule has 0 unspecified atom stereocenters. The summed E-state index contributed by atoms with van der Waals surface area (Å²) in [5.74, 6) is 0.176. The van der Waals surface area contributed by atoms with Crippen molar-refractivity contribution in [1.29, 1.82) is 5.26 Å². The summed E-state index contributed by atoms with van der Waals surface area (Å²) in [6, 6.07) is 12.5. The van der Waals surface area contributed by atoms with Crippen LogP contribution in [0.4, 0.5) is 17.5 Å². The first kappa shape index (κ1) is 24.0. The highest BCUT2D eigenvalue weighted by Crippen LogP contribution is 2.39. The summed E-state index contributed by atoms with van der Waals surface area (Å²) >= 11 is 1.50. The van der Waals surface area contributed by atoms with Crippen molar-refractivity contribution < 1.29 is 15.3 Å². The topological polar surface area (TPSA) is 160 Å². The number of hydrogen-bond acceptors (Lipinski definition) is 11. The predicted molar refractivity (Wildman–Crippen MR) is 137 cm³/mol. The second-order valence-electron chi connectivity index (χ2n) is 9.34. The molecule has 1 saturated carbocycles. The third-order valence-corrected chi connectivity index (χ3v) is 7.43. The molecule has 5 rings (SSSR count). The van der Waals surface area contributed by atoms with Gasteiger partial charge in [-0.1, -0.05) is 12.1 Å². The van der Waals surface area contributed by atoms with Gasteiger partial charge in [0.25, 0.3) is 0 Å². The lowest BCUT2D eigenvalue weighted by Crippen LogP contribution is -2.40. The molecule has 184 valence electrons. The first-order valence-corrected chi connectivity index (χ1v) is 12.3. The minimum absolute atomic E-state index is 0.255. The first-order valence-electron chi connectivity index (χ1n) is 11.4. The number of anilines is 3. The Kier molecular flexibility index (Phi) is 6.27. The van der Waals surface area contributed by atoms with Crippen LogP contribution < -0.4 is 10.6 Å². The maximum Gasteiger partial charge on any atom is 0.229 e. The molecule has 0 bridgehead atoms. The van der Waals surface area contributed by atoms with Crippen LogP contribution in [0.3, 0.4) is 0 Å². The van der Waals surface area contributed by atoms with Gasteiger partial charge in [-0.25, -0.2) is 15.0 Å². The van der Waals surface area contributed by atoms with Crippen LogP contribution in [0, 0.1) is 17.2 Å². The molecule has 4 aromatic rings. The number of aromatic nitrogens is 4. The zero-order valence-electron chi connectivity index (χ0n) is 19.6. The minimum atomic E-state index is -1.16. The number of pyridine rings is 1. The average Bonchev–Trinajstić information content (AvgIpc) is 3.41. The second kappa shape index (κ2) is 9.40. The fraction of sp³-hybridized carbons (Fsp3) is 0.320. The molecule has 4 atom stereocenters. The number of rotatable bonds is 6. The predicted octanol–water partition coefficient (Wildman–Crippen LogP) is 3.06. The number of thiazole rings is 1. The van der Waals surface area contributed by atoms with Gasteiger partial charge in [-0.15, -0.1) is 11.3 Å². The molecule has 1 fully saturated rings. The molecule has 1 aromatic carbocycles. The molecule has 1 aliphatic carbocycles. The molecule has 11 heteroatoms. The Balaban J connectivity index is 1.52. The standard InChI is InChI=1S/C25H25N7O3S/c1-25(2,35)16-10-18(21(34)20(16)33)30-22-15(23-31-17-5-3-4-6-19(17)36-23)12-28-24(32-22)29-13-7-8-27-14(9-13)11-26/h3-9,12,16,18,20-21,33-35H,10H2,1-2H3,(H2,27,28,29,30,32)/t16-,18+,20+,21-/m0/s1. The summed E-state index contributed by atoms with van der Waals surface area (Å²) in [6.07, 6.45) is 1.31. The lowest BCUT2D eigenvalue weighted by Gasteiger charge is -2.28. The molecule has 3 heterocycles. The van der Waals surface area contributed by atoms with Crippen LogP contribution >= 0.6 is 11.3 Å². The van der Waals surface area contributed by atoms with Gasteiger partial charge < -0.3 is 26.0 Å². The number of benzene rings is 1. The average molecular weight is 504 g/mol. The van der Waals surface area contributed by atoms with E-state index in [1.807, 2.05) is 30.3 Å². The van der Waals surface area contributed by atoms with Gasteiger partial charge in [0.15, 0.2) is 0 Å². The Morgan fingerprint density at radius 3 is 2.64 bits per heavy atom. The zero-order valence-corrected chi connectivity index (χ0v) is 20.4. The molecule has 10 nitrogen and oxygen atoms in total. The summed E-state index contributed by atoms with van der Waals surface area (Å²) in [7, 11) is 0. The summed E-state index contributed by atoms with van der Waals surface area (Å²) < 4.78 is 1.01. The number of aliphatic hydroxyl groups excluding tert-OH is 2. The van der Waals surface area contributed by atoms with Crippen LogP contribution in [0.15, 0.2) is 48.8 Å². The Morgan fingerprint density at radius 2 is 1.92 bits per heavy atom. The van der Waals surface area contributed by atoms with Crippen molar-refractivity contribution in [3.8, 4) is 16.6 Å². The molecule has 0 saturated heterocycles. The van der Waals surface area contributed by atoms with E-state index in [0.29, 0.717) is 28.5 Å². The van der Waals surface area contributed by atoms with Crippen molar-refractivity contribution in [3.05, 3.63) is 54.5 Å². The lowest BCUT2D eigenvalue weighted by atomic mass is 9.88. The minimum Gasteiger partial charge on any atom is -0.390 e. The SMILES string of the molecule is CC(C)(O)[C@H]1C[C@@H](Nc2nc(Nc3ccnc(C#N)c3)ncc2-c2nc3ccccc3s2)[C@H](O)[C@@H]1O. The van der Waals surface area contributed by atoms with E-state index in [0.717, 1.165) is 10.2 Å². The smallest absolute Gasteiger partial charge is 0.229 e. The fourth-order valence-corrected chi connectivity index (χ4v) is 5.43. The van der Waals surface area contributed by atoms with E-state index in [1.54, 1.807) is 32.2 Å². The molecule has 36 heavy (non-hydrogen) atoms. The van der Waals surface area contributed by atoms with Crippen LogP contribution in [-0.4, -0.2) is 59.1 Å². The first-order chi connectivity index (χ1) is 17.2. The van der Waals surface area contributed by atoms with Crippen LogP contribution in [0.1, 0.15) is 26.0 Å². The van der Waals surface area contributed by atoms with Crippen molar-refractivity contribution in [3.63, 3.8) is 0 Å². The van der Waals surface area contributed by atoms with Crippen molar-refractivity contribution in [1.82, 2.24) is 19.9 Å². The molecule has 3 aromatic heterocycles. The van der Waals surface area contributed by atoms with Crippen molar-refractivity contribution in [2.24, 2.45) is 5.92 Å². The highest BCUT2D eigenvalue weighted by Gasteiger charge is 2.47.